The summed E-state index contributed by atoms with van der Waals surface area (Å²) >= 11 is 0. The minimum Gasteiger partial charge on any atom is -0.467 e. The van der Waals surface area contributed by atoms with Gasteiger partial charge in [0.05, 0.1) is 25.0 Å². The summed E-state index contributed by atoms with van der Waals surface area (Å²) in [7, 11) is 2.90. The van der Waals surface area contributed by atoms with Gasteiger partial charge in [-0.15, -0.1) is 0 Å². The number of aromatic nitrogens is 2. The number of esters is 1. The highest BCUT2D eigenvalue weighted by Gasteiger charge is 2.23. The Bertz CT molecular complexity index is 441. The van der Waals surface area contributed by atoms with E-state index in [9.17, 15) is 9.59 Å². The van der Waals surface area contributed by atoms with Crippen LogP contribution in [0.15, 0.2) is 6.20 Å². The molecule has 0 fully saturated rings. The van der Waals surface area contributed by atoms with E-state index in [1.165, 1.54) is 11.8 Å². The van der Waals surface area contributed by atoms with Crippen molar-refractivity contribution in [3.8, 4) is 0 Å². The number of aliphatic hydroxyl groups excluding tert-OH is 1. The molecule has 1 rings (SSSR count). The maximum atomic E-state index is 11.9. The van der Waals surface area contributed by atoms with Gasteiger partial charge in [0.25, 0.3) is 5.91 Å². The SMILES string of the molecule is CCc1nn(C)cc1C(=O)NC(CO)C(=O)OC. The molecule has 0 aromatic carbocycles. The van der Waals surface area contributed by atoms with Crippen molar-refractivity contribution in [3.63, 3.8) is 0 Å². The molecule has 0 saturated carbocycles. The quantitative estimate of drug-likeness (QED) is 0.675. The van der Waals surface area contributed by atoms with Crippen molar-refractivity contribution in [1.82, 2.24) is 15.1 Å². The number of aryl methyl sites for hydroxylation is 2. The van der Waals surface area contributed by atoms with Gasteiger partial charge in [0, 0.05) is 13.2 Å². The van der Waals surface area contributed by atoms with Crippen molar-refractivity contribution in [3.05, 3.63) is 17.5 Å². The zero-order valence-corrected chi connectivity index (χ0v) is 10.6. The lowest BCUT2D eigenvalue weighted by Gasteiger charge is -2.13. The molecule has 0 saturated heterocycles. The number of nitrogens with zero attached hydrogens (tertiary/aromatic N) is 2. The second-order valence-electron chi connectivity index (χ2n) is 3.75. The number of carbonyl (C=O) groups is 2. The average molecular weight is 255 g/mol. The van der Waals surface area contributed by atoms with E-state index < -0.39 is 24.5 Å². The van der Waals surface area contributed by atoms with Gasteiger partial charge in [0.15, 0.2) is 6.04 Å². The van der Waals surface area contributed by atoms with Crippen LogP contribution in [0.1, 0.15) is 23.0 Å². The van der Waals surface area contributed by atoms with Crippen molar-refractivity contribution in [1.29, 1.82) is 0 Å². The summed E-state index contributed by atoms with van der Waals surface area (Å²) in [5, 5.41) is 15.5. The Morgan fingerprint density at radius 2 is 2.28 bits per heavy atom. The van der Waals surface area contributed by atoms with Gasteiger partial charge in [0.1, 0.15) is 0 Å². The molecule has 0 bridgehead atoms. The second kappa shape index (κ2) is 6.15. The molecule has 2 N–H and O–H groups in total. The summed E-state index contributed by atoms with van der Waals surface area (Å²) in [6.07, 6.45) is 2.17. The number of hydrogen-bond donors (Lipinski definition) is 2. The summed E-state index contributed by atoms with van der Waals surface area (Å²) < 4.78 is 5.99. The molecule has 1 unspecified atom stereocenters. The van der Waals surface area contributed by atoms with Crippen LogP contribution in [0.25, 0.3) is 0 Å². The molecule has 100 valence electrons. The standard InChI is InChI=1S/C11H17N3O4/c1-4-8-7(5-14(2)13-8)10(16)12-9(6-15)11(17)18-3/h5,9,15H,4,6H2,1-3H3,(H,12,16). The molecular weight excluding hydrogens is 238 g/mol. The summed E-state index contributed by atoms with van der Waals surface area (Å²) in [5.74, 6) is -1.14. The molecule has 1 heterocycles. The van der Waals surface area contributed by atoms with Crippen molar-refractivity contribution in [2.75, 3.05) is 13.7 Å². The van der Waals surface area contributed by atoms with Gasteiger partial charge >= 0.3 is 5.97 Å². The monoisotopic (exact) mass is 255 g/mol. The third-order valence-electron chi connectivity index (χ3n) is 2.46. The van der Waals surface area contributed by atoms with E-state index in [0.29, 0.717) is 17.7 Å². The number of amides is 1. The minimum absolute atomic E-state index is 0.391. The zero-order chi connectivity index (χ0) is 13.7. The Balaban J connectivity index is 2.83. The van der Waals surface area contributed by atoms with Crippen molar-refractivity contribution < 1.29 is 19.4 Å². The predicted molar refractivity (Wildman–Crippen MR) is 62.9 cm³/mol. The maximum absolute atomic E-state index is 11.9. The van der Waals surface area contributed by atoms with E-state index >= 15 is 0 Å². The van der Waals surface area contributed by atoms with Crippen LogP contribution in [0.4, 0.5) is 0 Å². The molecule has 0 radical (unpaired) electrons. The first-order chi connectivity index (χ1) is 8.53. The molecular formula is C11H17N3O4. The van der Waals surface area contributed by atoms with Gasteiger partial charge in [-0.05, 0) is 6.42 Å². The Labute approximate surface area is 105 Å². The van der Waals surface area contributed by atoms with E-state index in [4.69, 9.17) is 5.11 Å². The van der Waals surface area contributed by atoms with E-state index in [-0.39, 0.29) is 0 Å². The number of aliphatic hydroxyl groups is 1. The number of hydrogen-bond acceptors (Lipinski definition) is 5. The fraction of sp³-hybridized carbons (Fsp3) is 0.545. The first-order valence-electron chi connectivity index (χ1n) is 5.55. The van der Waals surface area contributed by atoms with E-state index in [2.05, 4.69) is 15.2 Å². The third kappa shape index (κ3) is 3.07. The zero-order valence-electron chi connectivity index (χ0n) is 10.6. The fourth-order valence-corrected chi connectivity index (χ4v) is 1.54. The lowest BCUT2D eigenvalue weighted by Crippen LogP contribution is -2.44. The van der Waals surface area contributed by atoms with Gasteiger partial charge in [-0.2, -0.15) is 5.10 Å². The van der Waals surface area contributed by atoms with E-state index in [1.54, 1.807) is 13.2 Å². The first-order valence-corrected chi connectivity index (χ1v) is 5.55. The molecule has 0 aliphatic carbocycles. The van der Waals surface area contributed by atoms with Crippen LogP contribution in [-0.2, 0) is 23.0 Å². The Hall–Kier alpha value is -1.89. The lowest BCUT2D eigenvalue weighted by atomic mass is 10.2. The summed E-state index contributed by atoms with van der Waals surface area (Å²) in [6.45, 7) is 1.36. The smallest absolute Gasteiger partial charge is 0.330 e. The predicted octanol–water partition coefficient (Wildman–Crippen LogP) is -0.754. The number of methoxy groups -OCH3 is 1. The lowest BCUT2D eigenvalue weighted by molar-refractivity contribution is -0.143. The number of carbonyl (C=O) groups excluding carboxylic acids is 2. The Morgan fingerprint density at radius 3 is 2.78 bits per heavy atom. The highest BCUT2D eigenvalue weighted by atomic mass is 16.5. The molecule has 1 atom stereocenters. The van der Waals surface area contributed by atoms with Crippen LogP contribution < -0.4 is 5.32 Å². The molecule has 18 heavy (non-hydrogen) atoms. The first kappa shape index (κ1) is 14.2. The van der Waals surface area contributed by atoms with Crippen LogP contribution >= 0.6 is 0 Å². The highest BCUT2D eigenvalue weighted by molar-refractivity contribution is 5.97. The Morgan fingerprint density at radius 1 is 1.61 bits per heavy atom. The maximum Gasteiger partial charge on any atom is 0.330 e. The summed E-state index contributed by atoms with van der Waals surface area (Å²) in [4.78, 5) is 23.2. The van der Waals surface area contributed by atoms with Gasteiger partial charge in [-0.1, -0.05) is 6.92 Å². The molecule has 0 aliphatic rings. The van der Waals surface area contributed by atoms with Gasteiger partial charge in [-0.3, -0.25) is 9.48 Å². The largest absolute Gasteiger partial charge is 0.467 e. The number of ether oxygens (including phenoxy) is 1. The fourth-order valence-electron chi connectivity index (χ4n) is 1.54. The number of nitrogens with one attached hydrogen (secondary N) is 1. The van der Waals surface area contributed by atoms with Crippen LogP contribution in [0.2, 0.25) is 0 Å². The van der Waals surface area contributed by atoms with E-state index in [0.717, 1.165) is 0 Å². The average Bonchev–Trinajstić information content (AvgIpc) is 2.76. The normalized spacial score (nSPS) is 12.0. The van der Waals surface area contributed by atoms with Crippen molar-refractivity contribution in [2.45, 2.75) is 19.4 Å². The van der Waals surface area contributed by atoms with Gasteiger partial charge in [0.2, 0.25) is 0 Å². The van der Waals surface area contributed by atoms with Gasteiger partial charge in [-0.25, -0.2) is 4.79 Å². The van der Waals surface area contributed by atoms with Crippen LogP contribution in [-0.4, -0.2) is 46.5 Å². The molecule has 1 aromatic heterocycles. The molecule has 7 nitrogen and oxygen atoms in total. The molecule has 1 amide bonds. The summed E-state index contributed by atoms with van der Waals surface area (Å²) in [6, 6.07) is -1.06. The number of rotatable bonds is 5. The topological polar surface area (TPSA) is 93.5 Å². The molecule has 0 aliphatic heterocycles. The molecule has 0 spiro atoms. The van der Waals surface area contributed by atoms with Crippen LogP contribution in [0.3, 0.4) is 0 Å². The Kier molecular flexibility index (Phi) is 4.85. The van der Waals surface area contributed by atoms with Gasteiger partial charge < -0.3 is 15.2 Å². The highest BCUT2D eigenvalue weighted by Crippen LogP contribution is 2.07. The summed E-state index contributed by atoms with van der Waals surface area (Å²) in [5.41, 5.74) is 1.03. The molecule has 1 aromatic rings. The van der Waals surface area contributed by atoms with E-state index in [1.807, 2.05) is 6.92 Å². The minimum atomic E-state index is -1.06. The van der Waals surface area contributed by atoms with Crippen LogP contribution in [0.5, 0.6) is 0 Å². The van der Waals surface area contributed by atoms with Crippen molar-refractivity contribution >= 4 is 11.9 Å². The second-order valence-corrected chi connectivity index (χ2v) is 3.75. The third-order valence-corrected chi connectivity index (χ3v) is 2.46. The van der Waals surface area contributed by atoms with Crippen molar-refractivity contribution in [2.24, 2.45) is 7.05 Å². The van der Waals surface area contributed by atoms with Crippen LogP contribution in [0, 0.1) is 0 Å². The molecule has 7 heteroatoms.